The fraction of sp³-hybridized carbons (Fsp3) is 0.660. The van der Waals surface area contributed by atoms with Gasteiger partial charge in [0.2, 0.25) is 27.7 Å². The summed E-state index contributed by atoms with van der Waals surface area (Å²) in [4.78, 5) is 100. The molecule has 0 aliphatic carbocycles. The molecular formula is C50H78N10O11S. The molecule has 3 heterocycles. The highest BCUT2D eigenvalue weighted by molar-refractivity contribution is 7.90. The second-order valence-electron chi connectivity index (χ2n) is 19.8. The lowest BCUT2D eigenvalue weighted by Crippen LogP contribution is -2.60. The number of benzene rings is 1. The Balaban J connectivity index is 1.45. The van der Waals surface area contributed by atoms with Gasteiger partial charge in [-0.2, -0.15) is 0 Å². The molecule has 3 N–H and O–H groups in total. The highest BCUT2D eigenvalue weighted by Gasteiger charge is 2.44. The summed E-state index contributed by atoms with van der Waals surface area (Å²) in [7, 11) is 0.426. The molecule has 8 amide bonds. The number of aryl methyl sites for hydroxylation is 1. The summed E-state index contributed by atoms with van der Waals surface area (Å²) in [6.07, 6.45) is 3.98. The Morgan fingerprint density at radius 2 is 1.53 bits per heavy atom. The van der Waals surface area contributed by atoms with Crippen molar-refractivity contribution in [2.24, 2.45) is 17.8 Å². The minimum absolute atomic E-state index is 0.0278. The first kappa shape index (κ1) is 58.8. The highest BCUT2D eigenvalue weighted by Crippen LogP contribution is 2.30. The smallest absolute Gasteiger partial charge is 0.318 e. The molecular weight excluding hydrogens is 949 g/mol. The zero-order chi connectivity index (χ0) is 53.6. The quantitative estimate of drug-likeness (QED) is 0.109. The predicted octanol–water partition coefficient (Wildman–Crippen LogP) is 3.04. The van der Waals surface area contributed by atoms with E-state index in [0.717, 1.165) is 17.1 Å². The Bertz CT molecular complexity index is 2300. The van der Waals surface area contributed by atoms with Crippen molar-refractivity contribution >= 4 is 51.5 Å². The van der Waals surface area contributed by atoms with Crippen LogP contribution in [0.4, 0.5) is 4.79 Å². The van der Waals surface area contributed by atoms with Gasteiger partial charge in [-0.15, -0.1) is 5.10 Å². The maximum absolute atomic E-state index is 14.5. The second-order valence-corrected chi connectivity index (χ2v) is 21.7. The number of methoxy groups -OCH3 is 2. The molecule has 1 aromatic carbocycles. The molecule has 21 nitrogen and oxygen atoms in total. The predicted molar refractivity (Wildman–Crippen MR) is 269 cm³/mol. The van der Waals surface area contributed by atoms with Crippen molar-refractivity contribution in [3.63, 3.8) is 0 Å². The first-order chi connectivity index (χ1) is 33.9. The van der Waals surface area contributed by atoms with E-state index in [1.54, 1.807) is 59.0 Å². The molecule has 4 rings (SSSR count). The highest BCUT2D eigenvalue weighted by atomic mass is 32.2. The van der Waals surface area contributed by atoms with E-state index in [4.69, 9.17) is 9.47 Å². The molecule has 2 aromatic rings. The first-order valence-corrected chi connectivity index (χ1v) is 26.6. The summed E-state index contributed by atoms with van der Waals surface area (Å²) in [6.45, 7) is 17.5. The van der Waals surface area contributed by atoms with Crippen LogP contribution in [0, 0.1) is 17.8 Å². The molecule has 8 atom stereocenters. The van der Waals surface area contributed by atoms with Crippen molar-refractivity contribution in [2.45, 2.75) is 162 Å². The van der Waals surface area contributed by atoms with Gasteiger partial charge in [0.05, 0.1) is 55.1 Å². The van der Waals surface area contributed by atoms with Gasteiger partial charge in [0.15, 0.2) is 0 Å². The molecule has 0 spiro atoms. The fourth-order valence-corrected chi connectivity index (χ4v) is 10.7. The zero-order valence-corrected chi connectivity index (χ0v) is 44.9. The van der Waals surface area contributed by atoms with Gasteiger partial charge in [0.1, 0.15) is 17.8 Å². The largest absolute Gasteiger partial charge is 0.379 e. The van der Waals surface area contributed by atoms with Gasteiger partial charge in [-0.25, -0.2) is 13.2 Å². The average molecular weight is 1030 g/mol. The van der Waals surface area contributed by atoms with Crippen LogP contribution >= 0.6 is 0 Å². The van der Waals surface area contributed by atoms with E-state index in [1.807, 2.05) is 55.4 Å². The number of rotatable bonds is 27. The molecule has 1 saturated heterocycles. The van der Waals surface area contributed by atoms with Crippen molar-refractivity contribution in [1.29, 1.82) is 0 Å². The van der Waals surface area contributed by atoms with Crippen molar-refractivity contribution < 1.29 is 51.5 Å². The number of aromatic nitrogens is 3. The summed E-state index contributed by atoms with van der Waals surface area (Å²) < 4.78 is 42.1. The van der Waals surface area contributed by atoms with Crippen LogP contribution in [0.5, 0.6) is 0 Å². The lowest BCUT2D eigenvalue weighted by atomic mass is 9.89. The maximum atomic E-state index is 14.5. The first-order valence-electron chi connectivity index (χ1n) is 25.0. The molecule has 0 saturated carbocycles. The van der Waals surface area contributed by atoms with Crippen LogP contribution < -0.4 is 15.4 Å². The van der Waals surface area contributed by atoms with E-state index in [-0.39, 0.29) is 74.1 Å². The molecule has 400 valence electrons. The van der Waals surface area contributed by atoms with E-state index in [2.05, 4.69) is 25.7 Å². The molecule has 22 heteroatoms. The lowest BCUT2D eigenvalue weighted by Gasteiger charge is -2.41. The average Bonchev–Trinajstić information content (AvgIpc) is 4.07. The van der Waals surface area contributed by atoms with Gasteiger partial charge >= 0.3 is 6.03 Å². The Morgan fingerprint density at radius 3 is 2.10 bits per heavy atom. The minimum atomic E-state index is -4.22. The topological polar surface area (TPSA) is 252 Å². The molecule has 0 unspecified atom stereocenters. The third kappa shape index (κ3) is 15.6. The molecule has 72 heavy (non-hydrogen) atoms. The Morgan fingerprint density at radius 1 is 0.889 bits per heavy atom. The third-order valence-corrected chi connectivity index (χ3v) is 14.9. The van der Waals surface area contributed by atoms with E-state index in [0.29, 0.717) is 37.1 Å². The van der Waals surface area contributed by atoms with Crippen LogP contribution in [-0.4, -0.2) is 167 Å². The van der Waals surface area contributed by atoms with Gasteiger partial charge in [0.25, 0.3) is 17.7 Å². The number of carbonyl (C=O) groups excluding carboxylic acids is 7. The number of ether oxygens (including phenoxy) is 2. The molecule has 0 radical (unpaired) electrons. The Hall–Kier alpha value is -5.74. The zero-order valence-electron chi connectivity index (χ0n) is 44.1. The summed E-state index contributed by atoms with van der Waals surface area (Å²) in [5, 5.41) is 13.7. The summed E-state index contributed by atoms with van der Waals surface area (Å²) >= 11 is 0. The van der Waals surface area contributed by atoms with Gasteiger partial charge in [-0.3, -0.25) is 43.1 Å². The minimum Gasteiger partial charge on any atom is -0.379 e. The van der Waals surface area contributed by atoms with E-state index in [1.165, 1.54) is 25.1 Å². The normalized spacial score (nSPS) is 18.0. The number of likely N-dealkylation sites (N-methyl/N-ethyl adjacent to an activating group) is 1. The molecule has 1 aromatic heterocycles. The van der Waals surface area contributed by atoms with Gasteiger partial charge in [-0.1, -0.05) is 76.6 Å². The van der Waals surface area contributed by atoms with Crippen LogP contribution in [-0.2, 0) is 67.8 Å². The monoisotopic (exact) mass is 1030 g/mol. The van der Waals surface area contributed by atoms with Crippen LogP contribution in [0.2, 0.25) is 0 Å². The molecule has 1 fully saturated rings. The standard InChI is InChI=1S/C50H78N10O11S/c1-13-34(8)45(56(10)49(66)44(31(2)3)52-50(67)60(32(4)5)33(6)7)40(70-11)28-43(63)58-25-17-21-39(58)46(71-12)35(9)47(64)51-38(27-36-19-15-14-16-20-36)48(65)54-72(68,69)26-18-24-57-29-37(53-55-57)30-59-41(61)22-23-42(59)62/h14-16,19-20,22-23,29,31-35,38-40,44-46H,13,17-18,21,24-28,30H2,1-12H3,(H,51,64)(H,52,67)(H,54,65)/t34-,35+,38-,39-,40-,44-,45-,46+/m0/s1. The SMILES string of the molecule is CC[C@H](C)[C@@H]([C@H](CC(=O)N1CCC[C@H]1[C@H](OC)[C@@H](C)C(=O)N[C@@H](Cc1ccccc1)C(=O)NS(=O)(=O)CCCn1cc(CN2C(=O)C=CC2=O)nn1)OC)N(C)C(=O)[C@@H](NC(=O)N(C(C)C)C(C)C)C(C)C. The van der Waals surface area contributed by atoms with Crippen LogP contribution in [0.25, 0.3) is 0 Å². The number of nitrogens with one attached hydrogen (secondary N) is 3. The Labute approximate surface area is 425 Å². The molecule has 0 bridgehead atoms. The summed E-state index contributed by atoms with van der Waals surface area (Å²) in [5.74, 6) is -4.77. The van der Waals surface area contributed by atoms with Crippen molar-refractivity contribution in [2.75, 3.05) is 33.6 Å². The van der Waals surface area contributed by atoms with E-state index < -0.39 is 81.7 Å². The number of imide groups is 1. The van der Waals surface area contributed by atoms with Gasteiger partial charge < -0.3 is 34.8 Å². The van der Waals surface area contributed by atoms with Gasteiger partial charge in [0, 0.05) is 65.0 Å². The molecule has 2 aliphatic heterocycles. The number of hydrogen-bond donors (Lipinski definition) is 3. The summed E-state index contributed by atoms with van der Waals surface area (Å²) in [5.41, 5.74) is 0.995. The van der Waals surface area contributed by atoms with E-state index >= 15 is 0 Å². The number of hydrogen-bond acceptors (Lipinski definition) is 13. The Kier molecular flexibility index (Phi) is 21.9. The lowest BCUT2D eigenvalue weighted by molar-refractivity contribution is -0.147. The van der Waals surface area contributed by atoms with E-state index in [9.17, 15) is 42.0 Å². The third-order valence-electron chi connectivity index (χ3n) is 13.6. The van der Waals surface area contributed by atoms with Gasteiger partial charge in [-0.05, 0) is 64.4 Å². The number of likely N-dealkylation sites (tertiary alicyclic amines) is 1. The maximum Gasteiger partial charge on any atom is 0.318 e. The molecule has 2 aliphatic rings. The second kappa shape index (κ2) is 26.8. The van der Waals surface area contributed by atoms with Crippen LogP contribution in [0.3, 0.4) is 0 Å². The van der Waals surface area contributed by atoms with Crippen molar-refractivity contribution in [3.8, 4) is 0 Å². The summed E-state index contributed by atoms with van der Waals surface area (Å²) in [6, 6.07) is 5.05. The van der Waals surface area contributed by atoms with Crippen molar-refractivity contribution in [1.82, 2.24) is 49.9 Å². The number of sulfonamides is 1. The number of urea groups is 1. The van der Waals surface area contributed by atoms with Crippen LogP contribution in [0.1, 0.15) is 106 Å². The van der Waals surface area contributed by atoms with Crippen molar-refractivity contribution in [3.05, 3.63) is 59.9 Å². The number of carbonyl (C=O) groups is 7. The number of nitrogens with zero attached hydrogens (tertiary/aromatic N) is 7. The van der Waals surface area contributed by atoms with Crippen LogP contribution in [0.15, 0.2) is 48.7 Å². The fourth-order valence-electron chi connectivity index (χ4n) is 9.64. The number of amides is 8.